The van der Waals surface area contributed by atoms with Crippen LogP contribution in [0.2, 0.25) is 5.82 Å². The minimum Gasteiger partial charge on any atom is -0.343 e. The van der Waals surface area contributed by atoms with Crippen LogP contribution in [0.4, 0.5) is 0 Å². The molecule has 3 atom stereocenters. The maximum Gasteiger partial charge on any atom is 0.226 e. The van der Waals surface area contributed by atoms with Crippen molar-refractivity contribution in [1.82, 2.24) is 9.47 Å². The molecule has 0 radical (unpaired) electrons. The molecular weight excluding hydrogens is 711 g/mol. The first-order valence-corrected chi connectivity index (χ1v) is 24.1. The lowest BCUT2D eigenvalue weighted by Gasteiger charge is -2.57. The smallest absolute Gasteiger partial charge is 0.226 e. The molecule has 59 heavy (non-hydrogen) atoms. The molecule has 310 valence electrons. The topological polar surface area (TPSA) is 8.17 Å². The summed E-state index contributed by atoms with van der Waals surface area (Å²) in [6.45, 7) is 35.9. The van der Waals surface area contributed by atoms with Gasteiger partial charge in [-0.25, -0.2) is 0 Å². The zero-order valence-corrected chi connectivity index (χ0v) is 39.4. The lowest BCUT2D eigenvalue weighted by molar-refractivity contribution is 0.191. The lowest BCUT2D eigenvalue weighted by atomic mass is 9.27. The molecule has 11 rings (SSSR count). The van der Waals surface area contributed by atoms with Gasteiger partial charge >= 0.3 is 0 Å². The van der Waals surface area contributed by atoms with Crippen LogP contribution in [0.1, 0.15) is 184 Å². The van der Waals surface area contributed by atoms with E-state index in [1.807, 2.05) is 0 Å². The Balaban J connectivity index is 1.22. The molecule has 0 N–H and O–H groups in total. The number of nitrogens with zero attached hydrogens (tertiary/aromatic N) is 2. The maximum atomic E-state index is 3.06. The largest absolute Gasteiger partial charge is 0.343 e. The van der Waals surface area contributed by atoms with Crippen molar-refractivity contribution in [3.63, 3.8) is 0 Å². The summed E-state index contributed by atoms with van der Waals surface area (Å²) < 4.78 is 2.91. The summed E-state index contributed by atoms with van der Waals surface area (Å²) in [6.07, 6.45) is 24.3. The number of rotatable bonds is 1. The minimum absolute atomic E-state index is 0.0218. The monoisotopic (exact) mass is 785 g/mol. The van der Waals surface area contributed by atoms with E-state index in [1.54, 1.807) is 67.0 Å². The fourth-order valence-corrected chi connectivity index (χ4v) is 14.7. The fourth-order valence-electron chi connectivity index (χ4n) is 14.7. The second-order valence-electron chi connectivity index (χ2n) is 25.3. The van der Waals surface area contributed by atoms with Gasteiger partial charge in [0.25, 0.3) is 0 Å². The number of fused-ring (bicyclic) bond motifs is 9. The third kappa shape index (κ3) is 5.12. The van der Waals surface area contributed by atoms with Gasteiger partial charge in [0.05, 0.1) is 5.69 Å². The van der Waals surface area contributed by atoms with E-state index >= 15 is 0 Å². The molecule has 0 amide bonds. The number of hydrogen-bond acceptors (Lipinski definition) is 1. The third-order valence-corrected chi connectivity index (χ3v) is 18.3. The van der Waals surface area contributed by atoms with E-state index in [-0.39, 0.29) is 27.1 Å². The molecule has 3 heteroatoms. The third-order valence-electron chi connectivity index (χ3n) is 18.3. The number of allylic oxidation sites excluding steroid dienone is 12. The van der Waals surface area contributed by atoms with Gasteiger partial charge in [-0.15, -0.1) is 0 Å². The van der Waals surface area contributed by atoms with E-state index in [0.717, 1.165) is 19.3 Å². The van der Waals surface area contributed by atoms with E-state index < -0.39 is 0 Å². The summed E-state index contributed by atoms with van der Waals surface area (Å²) >= 11 is 0. The van der Waals surface area contributed by atoms with Gasteiger partial charge in [0.15, 0.2) is 0 Å². The van der Waals surface area contributed by atoms with Gasteiger partial charge in [0.1, 0.15) is 0 Å². The van der Waals surface area contributed by atoms with Crippen LogP contribution in [0.15, 0.2) is 81.2 Å². The highest BCUT2D eigenvalue weighted by molar-refractivity contribution is 6.86. The second-order valence-corrected chi connectivity index (χ2v) is 25.3. The molecule has 2 nitrogen and oxygen atoms in total. The van der Waals surface area contributed by atoms with Crippen molar-refractivity contribution in [3.05, 3.63) is 98.0 Å². The van der Waals surface area contributed by atoms with Crippen LogP contribution in [-0.2, 0) is 10.8 Å². The van der Waals surface area contributed by atoms with Crippen LogP contribution in [0, 0.1) is 27.6 Å². The normalized spacial score (nSPS) is 30.4. The summed E-state index contributed by atoms with van der Waals surface area (Å²) in [6, 6.07) is 5.87. The van der Waals surface area contributed by atoms with E-state index in [9.17, 15) is 0 Å². The molecular formula is C56H73BN2. The zero-order valence-electron chi connectivity index (χ0n) is 39.4. The highest BCUT2D eigenvalue weighted by Crippen LogP contribution is 2.64. The zero-order chi connectivity index (χ0) is 41.7. The molecule has 7 aliphatic carbocycles. The molecule has 2 aliphatic heterocycles. The highest BCUT2D eigenvalue weighted by atomic mass is 15.2. The number of benzene rings is 1. The molecule has 0 bridgehead atoms. The van der Waals surface area contributed by atoms with E-state index in [4.69, 9.17) is 0 Å². The quantitative estimate of drug-likeness (QED) is 0.207. The van der Waals surface area contributed by atoms with E-state index in [1.165, 1.54) is 73.6 Å². The standard InChI is InChI=1S/C56H73BN2/c1-32-25-45-48-46(26-32)59-49-36(47-50(59)35-17-15-16-18-37(35)56(47,13)14)27-33(51(2,3)4)28-43(49)57(48)42-30-40-41(55(11,12)24-23-54(40,9)10)31-44(42)58(45)34-19-20-38-39(29-34)53(7,8)22-21-52(38,5)6/h17-18,25,27-28,31-32,34,42H,15-16,19-24,26,29-30H2,1-14H3. The Morgan fingerprint density at radius 3 is 2.12 bits per heavy atom. The second kappa shape index (κ2) is 11.8. The molecule has 1 fully saturated rings. The van der Waals surface area contributed by atoms with Crippen molar-refractivity contribution in [2.24, 2.45) is 27.6 Å². The van der Waals surface area contributed by atoms with Gasteiger partial charge in [0, 0.05) is 39.5 Å². The van der Waals surface area contributed by atoms with Crippen LogP contribution >= 0.6 is 0 Å². The summed E-state index contributed by atoms with van der Waals surface area (Å²) in [5.74, 6) is 0.905. The van der Waals surface area contributed by atoms with Crippen LogP contribution < -0.4 is 5.46 Å². The number of aromatic nitrogens is 1. The predicted molar refractivity (Wildman–Crippen MR) is 253 cm³/mol. The summed E-state index contributed by atoms with van der Waals surface area (Å²) in [5, 5.41) is 1.54. The van der Waals surface area contributed by atoms with Crippen LogP contribution in [0.5, 0.6) is 0 Å². The first-order valence-electron chi connectivity index (χ1n) is 24.1. The van der Waals surface area contributed by atoms with Gasteiger partial charge < -0.3 is 9.47 Å². The molecule has 1 saturated heterocycles. The van der Waals surface area contributed by atoms with Gasteiger partial charge in [0.2, 0.25) is 6.71 Å². The molecule has 2 aromatic rings. The Morgan fingerprint density at radius 1 is 0.746 bits per heavy atom. The molecule has 0 spiro atoms. The van der Waals surface area contributed by atoms with Crippen molar-refractivity contribution in [3.8, 4) is 0 Å². The van der Waals surface area contributed by atoms with Crippen molar-refractivity contribution < 1.29 is 0 Å². The van der Waals surface area contributed by atoms with Crippen LogP contribution in [0.25, 0.3) is 22.2 Å². The summed E-state index contributed by atoms with van der Waals surface area (Å²) in [4.78, 5) is 3.06. The number of hydrogen-bond donors (Lipinski definition) is 0. The average Bonchev–Trinajstić information content (AvgIpc) is 3.63. The Bertz CT molecular complexity index is 2510. The minimum atomic E-state index is -0.0218. The SMILES string of the molecule is CC1C=C2C3=C(C1)n1c4c(c5cc(C(C)(C)C)cc(c51)B3C1CC3=C(C=C1N2C1CCC2=C(C1)C(C)(C)CCC2(C)C)C(C)(C)CCC3(C)C)C(C)(C)C1=CCCC=C14. The Kier molecular flexibility index (Phi) is 7.76. The van der Waals surface area contributed by atoms with E-state index in [0.29, 0.717) is 29.9 Å². The molecule has 9 aliphatic rings. The average molecular weight is 785 g/mol. The lowest BCUT2D eigenvalue weighted by Crippen LogP contribution is -2.56. The predicted octanol–water partition coefficient (Wildman–Crippen LogP) is 14.5. The van der Waals surface area contributed by atoms with E-state index in [2.05, 4.69) is 143 Å². The van der Waals surface area contributed by atoms with Gasteiger partial charge in [-0.05, 0) is 160 Å². The molecule has 1 aromatic carbocycles. The van der Waals surface area contributed by atoms with Crippen LogP contribution in [-0.4, -0.2) is 22.2 Å². The first kappa shape index (κ1) is 38.7. The van der Waals surface area contributed by atoms with Crippen molar-refractivity contribution >= 4 is 34.3 Å². The van der Waals surface area contributed by atoms with Gasteiger partial charge in [-0.2, -0.15) is 0 Å². The molecule has 3 unspecified atom stereocenters. The first-order chi connectivity index (χ1) is 27.5. The van der Waals surface area contributed by atoms with Gasteiger partial charge in [-0.3, -0.25) is 0 Å². The maximum absolute atomic E-state index is 3.06. The Labute approximate surface area is 358 Å². The van der Waals surface area contributed by atoms with Crippen LogP contribution in [0.3, 0.4) is 0 Å². The van der Waals surface area contributed by atoms with Crippen molar-refractivity contribution in [2.45, 2.75) is 190 Å². The molecule has 3 heterocycles. The summed E-state index contributed by atoms with van der Waals surface area (Å²) in [5.41, 5.74) is 25.5. The Hall–Kier alpha value is -3.20. The van der Waals surface area contributed by atoms with Gasteiger partial charge in [-0.1, -0.05) is 138 Å². The van der Waals surface area contributed by atoms with Crippen molar-refractivity contribution in [1.29, 1.82) is 0 Å². The highest BCUT2D eigenvalue weighted by Gasteiger charge is 2.56. The molecule has 1 aromatic heterocycles. The molecule has 0 saturated carbocycles. The summed E-state index contributed by atoms with van der Waals surface area (Å²) in [7, 11) is 0. The fraction of sp³-hybridized carbons (Fsp3) is 0.607. The van der Waals surface area contributed by atoms with Crippen molar-refractivity contribution in [2.75, 3.05) is 0 Å². The Morgan fingerprint density at radius 2 is 1.41 bits per heavy atom.